The molecule has 0 unspecified atom stereocenters. The van der Waals surface area contributed by atoms with E-state index in [9.17, 15) is 9.90 Å². The van der Waals surface area contributed by atoms with Gasteiger partial charge >= 0.3 is 5.63 Å². The Morgan fingerprint density at radius 1 is 1.24 bits per heavy atom. The first-order valence-corrected chi connectivity index (χ1v) is 7.15. The van der Waals surface area contributed by atoms with E-state index < -0.39 is 0 Å². The van der Waals surface area contributed by atoms with E-state index in [-0.39, 0.29) is 23.6 Å². The number of ether oxygens (including phenoxy) is 1. The van der Waals surface area contributed by atoms with Crippen molar-refractivity contribution < 1.29 is 14.3 Å². The first kappa shape index (κ1) is 14.1. The van der Waals surface area contributed by atoms with Crippen LogP contribution in [0.15, 0.2) is 33.5 Å². The normalized spacial score (nSPS) is 23.5. The number of morpholine rings is 1. The molecule has 2 aromatic rings. The molecule has 2 atom stereocenters. The van der Waals surface area contributed by atoms with E-state index in [1.54, 1.807) is 12.1 Å². The summed E-state index contributed by atoms with van der Waals surface area (Å²) in [5, 5.41) is 10.4. The van der Waals surface area contributed by atoms with Crippen LogP contribution in [-0.2, 0) is 11.3 Å². The second-order valence-electron chi connectivity index (χ2n) is 5.72. The van der Waals surface area contributed by atoms with Crippen LogP contribution in [0, 0.1) is 0 Å². The molecule has 21 heavy (non-hydrogen) atoms. The van der Waals surface area contributed by atoms with Gasteiger partial charge in [-0.2, -0.15) is 0 Å². The summed E-state index contributed by atoms with van der Waals surface area (Å²) in [6, 6.07) is 6.29. The van der Waals surface area contributed by atoms with E-state index in [0.29, 0.717) is 12.1 Å². The quantitative estimate of drug-likeness (QED) is 0.858. The number of benzene rings is 1. The van der Waals surface area contributed by atoms with E-state index in [1.165, 1.54) is 12.1 Å². The summed E-state index contributed by atoms with van der Waals surface area (Å²) >= 11 is 0. The van der Waals surface area contributed by atoms with Crippen molar-refractivity contribution in [2.24, 2.45) is 0 Å². The maximum Gasteiger partial charge on any atom is 0.336 e. The van der Waals surface area contributed by atoms with Crippen LogP contribution in [0.25, 0.3) is 11.0 Å². The minimum atomic E-state index is -0.363. The van der Waals surface area contributed by atoms with Gasteiger partial charge in [-0.1, -0.05) is 0 Å². The molecular weight excluding hydrogens is 270 g/mol. The molecular formula is C16H19NO4. The molecule has 1 aliphatic rings. The van der Waals surface area contributed by atoms with Gasteiger partial charge in [0.05, 0.1) is 12.2 Å². The summed E-state index contributed by atoms with van der Waals surface area (Å²) in [4.78, 5) is 13.9. The maximum atomic E-state index is 11.7. The van der Waals surface area contributed by atoms with Gasteiger partial charge in [0.1, 0.15) is 11.3 Å². The average Bonchev–Trinajstić information content (AvgIpc) is 2.38. The van der Waals surface area contributed by atoms with Crippen LogP contribution in [-0.4, -0.2) is 35.3 Å². The van der Waals surface area contributed by atoms with Crippen LogP contribution in [0.5, 0.6) is 5.75 Å². The molecule has 5 heteroatoms. The van der Waals surface area contributed by atoms with Crippen molar-refractivity contribution in [1.82, 2.24) is 4.90 Å². The Hall–Kier alpha value is -1.85. The SMILES string of the molecule is C[C@@H]1CN(Cc2cc(=O)oc3ccc(O)cc23)C[C@H](C)O1. The van der Waals surface area contributed by atoms with Crippen LogP contribution in [0.2, 0.25) is 0 Å². The Balaban J connectivity index is 1.96. The van der Waals surface area contributed by atoms with Crippen LogP contribution < -0.4 is 5.63 Å². The molecule has 0 amide bonds. The molecule has 1 N–H and O–H groups in total. The highest BCUT2D eigenvalue weighted by atomic mass is 16.5. The molecule has 0 radical (unpaired) electrons. The van der Waals surface area contributed by atoms with Gasteiger partial charge in [-0.25, -0.2) is 4.79 Å². The summed E-state index contributed by atoms with van der Waals surface area (Å²) in [7, 11) is 0. The lowest BCUT2D eigenvalue weighted by Crippen LogP contribution is -2.44. The summed E-state index contributed by atoms with van der Waals surface area (Å²) in [6.45, 7) is 6.39. The second kappa shape index (κ2) is 5.50. The van der Waals surface area contributed by atoms with Gasteiger partial charge < -0.3 is 14.3 Å². The van der Waals surface area contributed by atoms with Crippen LogP contribution >= 0.6 is 0 Å². The topological polar surface area (TPSA) is 62.9 Å². The largest absolute Gasteiger partial charge is 0.508 e. The minimum Gasteiger partial charge on any atom is -0.508 e. The van der Waals surface area contributed by atoms with Crippen molar-refractivity contribution in [3.8, 4) is 5.75 Å². The van der Waals surface area contributed by atoms with E-state index in [1.807, 2.05) is 13.8 Å². The Labute approximate surface area is 122 Å². The van der Waals surface area contributed by atoms with E-state index in [0.717, 1.165) is 24.0 Å². The number of phenolic OH excluding ortho intramolecular Hbond substituents is 1. The molecule has 0 spiro atoms. The van der Waals surface area contributed by atoms with Crippen molar-refractivity contribution in [1.29, 1.82) is 0 Å². The third-order valence-corrected chi connectivity index (χ3v) is 3.70. The van der Waals surface area contributed by atoms with Crippen molar-refractivity contribution in [2.75, 3.05) is 13.1 Å². The zero-order valence-corrected chi connectivity index (χ0v) is 12.2. The number of fused-ring (bicyclic) bond motifs is 1. The van der Waals surface area contributed by atoms with Gasteiger partial charge in [-0.15, -0.1) is 0 Å². The van der Waals surface area contributed by atoms with Crippen LogP contribution in [0.3, 0.4) is 0 Å². The highest BCUT2D eigenvalue weighted by Crippen LogP contribution is 2.24. The second-order valence-corrected chi connectivity index (χ2v) is 5.72. The molecule has 0 bridgehead atoms. The Morgan fingerprint density at radius 2 is 1.95 bits per heavy atom. The molecule has 1 aromatic carbocycles. The minimum absolute atomic E-state index is 0.168. The molecule has 1 aliphatic heterocycles. The van der Waals surface area contributed by atoms with Crippen molar-refractivity contribution >= 4 is 11.0 Å². The predicted molar refractivity (Wildman–Crippen MR) is 79.4 cm³/mol. The number of hydrogen-bond donors (Lipinski definition) is 1. The van der Waals surface area contributed by atoms with Crippen LogP contribution in [0.1, 0.15) is 19.4 Å². The average molecular weight is 289 g/mol. The lowest BCUT2D eigenvalue weighted by atomic mass is 10.1. The fraction of sp³-hybridized carbons (Fsp3) is 0.438. The van der Waals surface area contributed by atoms with Gasteiger partial charge in [0, 0.05) is 31.1 Å². The Kier molecular flexibility index (Phi) is 3.69. The van der Waals surface area contributed by atoms with Crippen LogP contribution in [0.4, 0.5) is 0 Å². The van der Waals surface area contributed by atoms with Gasteiger partial charge in [0.25, 0.3) is 0 Å². The number of phenols is 1. The smallest absolute Gasteiger partial charge is 0.336 e. The molecule has 1 saturated heterocycles. The maximum absolute atomic E-state index is 11.7. The van der Waals surface area contributed by atoms with Crippen molar-refractivity contribution in [3.05, 3.63) is 40.2 Å². The van der Waals surface area contributed by atoms with Gasteiger partial charge in [0.15, 0.2) is 0 Å². The summed E-state index contributed by atoms with van der Waals surface area (Å²) in [5.74, 6) is 0.168. The number of nitrogens with zero attached hydrogens (tertiary/aromatic N) is 1. The lowest BCUT2D eigenvalue weighted by molar-refractivity contribution is -0.0704. The third-order valence-electron chi connectivity index (χ3n) is 3.70. The molecule has 0 aliphatic carbocycles. The molecule has 1 aromatic heterocycles. The highest BCUT2D eigenvalue weighted by molar-refractivity contribution is 5.81. The summed E-state index contributed by atoms with van der Waals surface area (Å²) in [6.07, 6.45) is 0.349. The molecule has 0 saturated carbocycles. The number of rotatable bonds is 2. The Morgan fingerprint density at radius 3 is 2.67 bits per heavy atom. The molecule has 5 nitrogen and oxygen atoms in total. The fourth-order valence-corrected chi connectivity index (χ4v) is 3.00. The summed E-state index contributed by atoms with van der Waals surface area (Å²) < 4.78 is 10.9. The first-order chi connectivity index (χ1) is 10.0. The predicted octanol–water partition coefficient (Wildman–Crippen LogP) is 2.11. The van der Waals surface area contributed by atoms with Gasteiger partial charge in [-0.05, 0) is 37.6 Å². The number of aromatic hydroxyl groups is 1. The first-order valence-electron chi connectivity index (χ1n) is 7.15. The van der Waals surface area contributed by atoms with E-state index in [4.69, 9.17) is 9.15 Å². The van der Waals surface area contributed by atoms with Crippen molar-refractivity contribution in [2.45, 2.75) is 32.6 Å². The van der Waals surface area contributed by atoms with Crippen molar-refractivity contribution in [3.63, 3.8) is 0 Å². The highest BCUT2D eigenvalue weighted by Gasteiger charge is 2.23. The third kappa shape index (κ3) is 3.09. The van der Waals surface area contributed by atoms with Gasteiger partial charge in [-0.3, -0.25) is 4.90 Å². The monoisotopic (exact) mass is 289 g/mol. The zero-order valence-electron chi connectivity index (χ0n) is 12.2. The molecule has 112 valence electrons. The standard InChI is InChI=1S/C16H19NO4/c1-10-7-17(8-11(2)20-10)9-12-5-16(19)21-15-4-3-13(18)6-14(12)15/h3-6,10-11,18H,7-9H2,1-2H3/t10-,11+. The zero-order chi connectivity index (χ0) is 15.0. The lowest BCUT2D eigenvalue weighted by Gasteiger charge is -2.35. The Bertz CT molecular complexity index is 699. The van der Waals surface area contributed by atoms with E-state index in [2.05, 4.69) is 4.90 Å². The fourth-order valence-electron chi connectivity index (χ4n) is 3.00. The van der Waals surface area contributed by atoms with Gasteiger partial charge in [0.2, 0.25) is 0 Å². The molecule has 2 heterocycles. The molecule has 3 rings (SSSR count). The summed E-state index contributed by atoms with van der Waals surface area (Å²) in [5.41, 5.74) is 1.01. The number of hydrogen-bond acceptors (Lipinski definition) is 5. The van der Waals surface area contributed by atoms with E-state index >= 15 is 0 Å². The molecule has 1 fully saturated rings.